The number of fused-ring (bicyclic) bond motifs is 1. The van der Waals surface area contributed by atoms with E-state index in [9.17, 15) is 24.0 Å². The van der Waals surface area contributed by atoms with Gasteiger partial charge in [-0.25, -0.2) is 4.79 Å². The van der Waals surface area contributed by atoms with E-state index in [4.69, 9.17) is 23.7 Å². The molecule has 0 fully saturated rings. The minimum Gasteiger partial charge on any atom is -0.487 e. The van der Waals surface area contributed by atoms with Crippen molar-refractivity contribution in [1.82, 2.24) is 0 Å². The quantitative estimate of drug-likeness (QED) is 0.243. The minimum atomic E-state index is -2.56. The van der Waals surface area contributed by atoms with E-state index >= 15 is 0 Å². The Morgan fingerprint density at radius 3 is 1.78 bits per heavy atom. The van der Waals surface area contributed by atoms with Crippen molar-refractivity contribution in [2.24, 2.45) is 0 Å². The monoisotopic (exact) mass is 506 g/mol. The largest absolute Gasteiger partial charge is 0.487 e. The first-order valence-corrected chi connectivity index (χ1v) is 12.0. The zero-order valence-corrected chi connectivity index (χ0v) is 21.6. The van der Waals surface area contributed by atoms with Crippen LogP contribution in [0.3, 0.4) is 0 Å². The van der Waals surface area contributed by atoms with E-state index in [-0.39, 0.29) is 55.2 Å². The average molecular weight is 507 g/mol. The van der Waals surface area contributed by atoms with Crippen LogP contribution in [0.25, 0.3) is 0 Å². The van der Waals surface area contributed by atoms with Crippen LogP contribution in [0.2, 0.25) is 0 Å². The molecule has 0 spiro atoms. The van der Waals surface area contributed by atoms with Gasteiger partial charge in [0.2, 0.25) is 0 Å². The molecule has 1 heterocycles. The summed E-state index contributed by atoms with van der Waals surface area (Å²) in [6.07, 6.45) is -2.26. The number of ether oxygens (including phenoxy) is 5. The fraction of sp³-hybridized carbons (Fsp3) is 0.577. The smallest absolute Gasteiger partial charge is 0.340 e. The molecule has 1 aromatic carbocycles. The van der Waals surface area contributed by atoms with Crippen LogP contribution < -0.4 is 9.47 Å². The molecular formula is C26H34O10. The number of hydrogen-bond acceptors (Lipinski definition) is 10. The Bertz CT molecular complexity index is 974. The van der Waals surface area contributed by atoms with E-state index in [1.807, 2.05) is 0 Å². The van der Waals surface area contributed by atoms with Crippen molar-refractivity contribution in [2.45, 2.75) is 72.2 Å². The number of hydrogen-bond donors (Lipinski definition) is 0. The van der Waals surface area contributed by atoms with E-state index in [1.54, 1.807) is 41.5 Å². The highest BCUT2D eigenvalue weighted by Gasteiger charge is 2.59. The summed E-state index contributed by atoms with van der Waals surface area (Å²) >= 11 is 0. The fourth-order valence-electron chi connectivity index (χ4n) is 3.72. The summed E-state index contributed by atoms with van der Waals surface area (Å²) in [5, 5.41) is 0. The molecule has 0 saturated heterocycles. The first-order valence-electron chi connectivity index (χ1n) is 12.0. The molecule has 10 heteroatoms. The lowest BCUT2D eigenvalue weighted by Gasteiger charge is -2.28. The minimum absolute atomic E-state index is 0.0294. The molecule has 1 aliphatic rings. The average Bonchev–Trinajstić information content (AvgIpc) is 3.11. The van der Waals surface area contributed by atoms with Crippen LogP contribution in [-0.2, 0) is 39.0 Å². The van der Waals surface area contributed by atoms with Crippen molar-refractivity contribution in [3.63, 3.8) is 0 Å². The molecule has 0 aliphatic carbocycles. The Balaban J connectivity index is 2.72. The van der Waals surface area contributed by atoms with Gasteiger partial charge in [0.25, 0.3) is 5.60 Å². The maximum Gasteiger partial charge on any atom is 0.340 e. The van der Waals surface area contributed by atoms with Crippen molar-refractivity contribution >= 4 is 29.1 Å². The molecule has 0 radical (unpaired) electrons. The van der Waals surface area contributed by atoms with Crippen molar-refractivity contribution in [3.05, 3.63) is 23.3 Å². The number of Topliss-reactive ketones (excluding diaryl/α,β-unsaturated/α-hetero) is 4. The predicted octanol–water partition coefficient (Wildman–Crippen LogP) is 2.76. The molecule has 0 aromatic heterocycles. The molecule has 0 saturated carbocycles. The van der Waals surface area contributed by atoms with Crippen LogP contribution in [0.4, 0.5) is 0 Å². The second-order valence-electron chi connectivity index (χ2n) is 8.77. The lowest BCUT2D eigenvalue weighted by Crippen LogP contribution is -2.46. The first-order chi connectivity index (χ1) is 17.0. The van der Waals surface area contributed by atoms with Gasteiger partial charge in [0.15, 0.2) is 34.6 Å². The second kappa shape index (κ2) is 12.7. The molecule has 36 heavy (non-hydrogen) atoms. The molecule has 2 rings (SSSR count). The van der Waals surface area contributed by atoms with Crippen molar-refractivity contribution < 1.29 is 47.7 Å². The molecular weight excluding hydrogens is 472 g/mol. The normalized spacial score (nSPS) is 13.9. The molecule has 0 bridgehead atoms. The number of ketones is 4. The SMILES string of the molecule is CCOCC(=O)CC(=O)C1(C(=O)CC(=O)COCC)OC(=O)c2ccc(OC(C)C)c(OC(C)C)c21. The van der Waals surface area contributed by atoms with Gasteiger partial charge in [-0.3, -0.25) is 19.2 Å². The zero-order chi connectivity index (χ0) is 27.0. The summed E-state index contributed by atoms with van der Waals surface area (Å²) in [5.41, 5.74) is -2.81. The third kappa shape index (κ3) is 6.55. The molecule has 10 nitrogen and oxygen atoms in total. The van der Waals surface area contributed by atoms with E-state index in [1.165, 1.54) is 12.1 Å². The molecule has 198 valence electrons. The van der Waals surface area contributed by atoms with Gasteiger partial charge < -0.3 is 23.7 Å². The van der Waals surface area contributed by atoms with Crippen LogP contribution in [0.1, 0.15) is 70.3 Å². The van der Waals surface area contributed by atoms with Crippen LogP contribution in [0, 0.1) is 0 Å². The van der Waals surface area contributed by atoms with Crippen LogP contribution in [-0.4, -0.2) is 67.7 Å². The highest BCUT2D eigenvalue weighted by Crippen LogP contribution is 2.49. The lowest BCUT2D eigenvalue weighted by molar-refractivity contribution is -0.153. The standard InChI is InChI=1S/C26H34O10/c1-7-32-13-17(27)11-21(29)26(22(30)12-18(28)14-33-8-2)23-19(25(31)36-26)9-10-20(34-15(3)4)24(23)35-16(5)6/h9-10,15-16H,7-8,11-14H2,1-6H3. The Labute approximate surface area is 210 Å². The van der Waals surface area contributed by atoms with E-state index < -0.39 is 53.6 Å². The summed E-state index contributed by atoms with van der Waals surface area (Å²) in [6, 6.07) is 2.86. The third-order valence-electron chi connectivity index (χ3n) is 5.09. The number of esters is 1. The second-order valence-corrected chi connectivity index (χ2v) is 8.77. The summed E-state index contributed by atoms with van der Waals surface area (Å²) in [7, 11) is 0. The lowest BCUT2D eigenvalue weighted by atomic mass is 9.80. The van der Waals surface area contributed by atoms with Gasteiger partial charge in [-0.1, -0.05) is 0 Å². The highest BCUT2D eigenvalue weighted by atomic mass is 16.6. The van der Waals surface area contributed by atoms with E-state index in [0.717, 1.165) is 0 Å². The van der Waals surface area contributed by atoms with Gasteiger partial charge in [-0.05, 0) is 53.7 Å². The Kier molecular flexibility index (Phi) is 10.3. The van der Waals surface area contributed by atoms with Crippen LogP contribution in [0.15, 0.2) is 12.1 Å². The topological polar surface area (TPSA) is 132 Å². The molecule has 0 N–H and O–H groups in total. The fourth-order valence-corrected chi connectivity index (χ4v) is 3.72. The van der Waals surface area contributed by atoms with Crippen molar-refractivity contribution in [3.8, 4) is 11.5 Å². The molecule has 1 aliphatic heterocycles. The summed E-state index contributed by atoms with van der Waals surface area (Å²) in [4.78, 5) is 65.1. The van der Waals surface area contributed by atoms with E-state index in [2.05, 4.69) is 0 Å². The summed E-state index contributed by atoms with van der Waals surface area (Å²) in [6.45, 7) is 10.1. The Morgan fingerprint density at radius 1 is 0.833 bits per heavy atom. The molecule has 0 amide bonds. The Morgan fingerprint density at radius 2 is 1.33 bits per heavy atom. The number of carbonyl (C=O) groups is 5. The van der Waals surface area contributed by atoms with Gasteiger partial charge >= 0.3 is 5.97 Å². The van der Waals surface area contributed by atoms with Crippen molar-refractivity contribution in [2.75, 3.05) is 26.4 Å². The van der Waals surface area contributed by atoms with Crippen LogP contribution >= 0.6 is 0 Å². The molecule has 1 aromatic rings. The number of rotatable bonds is 16. The number of benzene rings is 1. The van der Waals surface area contributed by atoms with Gasteiger partial charge in [-0.15, -0.1) is 0 Å². The highest BCUT2D eigenvalue weighted by molar-refractivity contribution is 6.24. The summed E-state index contributed by atoms with van der Waals surface area (Å²) < 4.78 is 27.4. The Hall–Kier alpha value is -3.11. The van der Waals surface area contributed by atoms with Gasteiger partial charge in [0.05, 0.1) is 36.2 Å². The predicted molar refractivity (Wildman–Crippen MR) is 127 cm³/mol. The van der Waals surface area contributed by atoms with Gasteiger partial charge in [-0.2, -0.15) is 0 Å². The van der Waals surface area contributed by atoms with Crippen molar-refractivity contribution in [1.29, 1.82) is 0 Å². The van der Waals surface area contributed by atoms with Crippen LogP contribution in [0.5, 0.6) is 11.5 Å². The third-order valence-corrected chi connectivity index (χ3v) is 5.09. The summed E-state index contributed by atoms with van der Waals surface area (Å²) in [5.74, 6) is -4.01. The molecule has 0 atom stereocenters. The number of cyclic esters (lactones) is 1. The number of carbonyl (C=O) groups excluding carboxylic acids is 5. The van der Waals surface area contributed by atoms with Gasteiger partial charge in [0, 0.05) is 13.2 Å². The van der Waals surface area contributed by atoms with Gasteiger partial charge in [0.1, 0.15) is 13.2 Å². The first kappa shape index (κ1) is 29.1. The zero-order valence-electron chi connectivity index (χ0n) is 21.6. The molecule has 0 unspecified atom stereocenters. The van der Waals surface area contributed by atoms with E-state index in [0.29, 0.717) is 0 Å². The maximum absolute atomic E-state index is 13.6. The maximum atomic E-state index is 13.6.